The fraction of sp³-hybridized carbons (Fsp3) is 0.294. The third-order valence-electron chi connectivity index (χ3n) is 3.78. The summed E-state index contributed by atoms with van der Waals surface area (Å²) in [6.45, 7) is 3.35. The summed E-state index contributed by atoms with van der Waals surface area (Å²) in [4.78, 5) is 50.7. The van der Waals surface area contributed by atoms with Gasteiger partial charge in [-0.25, -0.2) is 9.59 Å². The molecule has 26 heavy (non-hydrogen) atoms. The van der Waals surface area contributed by atoms with Gasteiger partial charge in [-0.05, 0) is 24.0 Å². The van der Waals surface area contributed by atoms with E-state index in [4.69, 9.17) is 10.5 Å². The van der Waals surface area contributed by atoms with Gasteiger partial charge in [-0.1, -0.05) is 32.0 Å². The van der Waals surface area contributed by atoms with Crippen molar-refractivity contribution < 1.29 is 14.3 Å². The van der Waals surface area contributed by atoms with Crippen LogP contribution in [0.4, 0.5) is 11.4 Å². The van der Waals surface area contributed by atoms with Crippen molar-refractivity contribution in [3.05, 3.63) is 55.9 Å². The molecule has 1 heterocycles. The predicted molar refractivity (Wildman–Crippen MR) is 96.2 cm³/mol. The van der Waals surface area contributed by atoms with Crippen molar-refractivity contribution in [3.8, 4) is 0 Å². The number of rotatable bonds is 6. The zero-order chi connectivity index (χ0) is 19.3. The fourth-order valence-electron chi connectivity index (χ4n) is 2.44. The summed E-state index contributed by atoms with van der Waals surface area (Å²) in [5.74, 6) is -1.61. The summed E-state index contributed by atoms with van der Waals surface area (Å²) in [6.07, 6.45) is 1.46. The number of hydrogen-bond donors (Lipinski definition) is 4. The molecule has 0 radical (unpaired) electrons. The summed E-state index contributed by atoms with van der Waals surface area (Å²) >= 11 is 0. The molecule has 0 saturated carbocycles. The third kappa shape index (κ3) is 4.18. The molecule has 0 fully saturated rings. The highest BCUT2D eigenvalue weighted by Crippen LogP contribution is 2.22. The molecule has 2 rings (SSSR count). The van der Waals surface area contributed by atoms with Crippen LogP contribution in [0.3, 0.4) is 0 Å². The number of aromatic amines is 2. The molecule has 2 aromatic rings. The Morgan fingerprint density at radius 3 is 2.31 bits per heavy atom. The maximum absolute atomic E-state index is 12.1. The van der Waals surface area contributed by atoms with Crippen molar-refractivity contribution in [1.82, 2.24) is 9.97 Å². The number of para-hydroxylation sites is 1. The fourth-order valence-corrected chi connectivity index (χ4v) is 2.44. The van der Waals surface area contributed by atoms with Crippen LogP contribution in [-0.2, 0) is 22.4 Å². The molecule has 0 aliphatic carbocycles. The number of nitrogens with one attached hydrogen (secondary N) is 3. The predicted octanol–water partition coefficient (Wildman–Crippen LogP) is 0.566. The number of aromatic nitrogens is 2. The van der Waals surface area contributed by atoms with Crippen molar-refractivity contribution in [1.29, 1.82) is 0 Å². The second kappa shape index (κ2) is 8.15. The maximum atomic E-state index is 12.1. The minimum absolute atomic E-state index is 0.486. The number of H-pyrrole nitrogens is 2. The molecule has 0 saturated heterocycles. The van der Waals surface area contributed by atoms with Gasteiger partial charge in [0.05, 0.1) is 0 Å². The Morgan fingerprint density at radius 1 is 1.12 bits per heavy atom. The van der Waals surface area contributed by atoms with Gasteiger partial charge in [0.2, 0.25) is 0 Å². The highest BCUT2D eigenvalue weighted by atomic mass is 16.5. The Bertz CT molecular complexity index is 923. The average Bonchev–Trinajstić information content (AvgIpc) is 2.62. The topological polar surface area (TPSA) is 147 Å². The zero-order valence-corrected chi connectivity index (χ0v) is 14.5. The number of benzene rings is 1. The lowest BCUT2D eigenvalue weighted by Gasteiger charge is -2.14. The number of nitrogens with two attached hydrogens (primary N) is 1. The van der Waals surface area contributed by atoms with Gasteiger partial charge in [-0.15, -0.1) is 0 Å². The summed E-state index contributed by atoms with van der Waals surface area (Å²) in [5, 5.41) is 2.74. The van der Waals surface area contributed by atoms with E-state index < -0.39 is 41.1 Å². The van der Waals surface area contributed by atoms with E-state index in [9.17, 15) is 19.2 Å². The van der Waals surface area contributed by atoms with Crippen LogP contribution in [0.5, 0.6) is 0 Å². The molecule has 5 N–H and O–H groups in total. The lowest BCUT2D eigenvalue weighted by atomic mass is 10.0. The number of carbonyl (C=O) groups is 2. The molecule has 0 aliphatic heterocycles. The van der Waals surface area contributed by atoms with Gasteiger partial charge in [0.15, 0.2) is 12.3 Å². The van der Waals surface area contributed by atoms with E-state index in [1.807, 2.05) is 37.0 Å². The molecule has 0 spiro atoms. The molecule has 0 unspecified atom stereocenters. The van der Waals surface area contributed by atoms with Gasteiger partial charge < -0.3 is 15.8 Å². The molecular formula is C17H20N4O5. The normalized spacial score (nSPS) is 10.4. The van der Waals surface area contributed by atoms with Crippen LogP contribution < -0.4 is 22.3 Å². The Hall–Kier alpha value is -3.36. The molecule has 1 aromatic carbocycles. The van der Waals surface area contributed by atoms with E-state index in [1.165, 1.54) is 0 Å². The number of amides is 1. The summed E-state index contributed by atoms with van der Waals surface area (Å²) in [5.41, 5.74) is 5.29. The van der Waals surface area contributed by atoms with Crippen molar-refractivity contribution in [2.75, 3.05) is 17.7 Å². The summed E-state index contributed by atoms with van der Waals surface area (Å²) in [6, 6.07) is 5.73. The number of anilines is 2. The molecule has 9 nitrogen and oxygen atoms in total. The molecule has 9 heteroatoms. The van der Waals surface area contributed by atoms with Crippen molar-refractivity contribution in [3.63, 3.8) is 0 Å². The zero-order valence-electron chi connectivity index (χ0n) is 14.5. The van der Waals surface area contributed by atoms with Crippen LogP contribution in [-0.4, -0.2) is 28.5 Å². The lowest BCUT2D eigenvalue weighted by molar-refractivity contribution is -0.119. The molecule has 138 valence electrons. The first kappa shape index (κ1) is 19.0. The summed E-state index contributed by atoms with van der Waals surface area (Å²) in [7, 11) is 0. The minimum atomic E-state index is -1.07. The van der Waals surface area contributed by atoms with Gasteiger partial charge >= 0.3 is 11.7 Å². The third-order valence-corrected chi connectivity index (χ3v) is 3.78. The summed E-state index contributed by atoms with van der Waals surface area (Å²) < 4.78 is 4.85. The Morgan fingerprint density at radius 2 is 1.73 bits per heavy atom. The smallest absolute Gasteiger partial charge is 0.357 e. The first-order valence-electron chi connectivity index (χ1n) is 8.07. The van der Waals surface area contributed by atoms with E-state index >= 15 is 0 Å². The number of hydrogen-bond acceptors (Lipinski definition) is 6. The molecular weight excluding hydrogens is 340 g/mol. The van der Waals surface area contributed by atoms with Crippen LogP contribution in [0, 0.1) is 0 Å². The average molecular weight is 360 g/mol. The van der Waals surface area contributed by atoms with E-state index in [-0.39, 0.29) is 0 Å². The van der Waals surface area contributed by atoms with Crippen LogP contribution in [0.25, 0.3) is 0 Å². The molecule has 1 amide bonds. The number of carbonyl (C=O) groups excluding carboxylic acids is 2. The first-order valence-corrected chi connectivity index (χ1v) is 8.07. The highest BCUT2D eigenvalue weighted by molar-refractivity contribution is 5.97. The largest absolute Gasteiger partial charge is 0.451 e. The molecule has 0 aliphatic rings. The standard InChI is InChI=1S/C17H20N4O5/c1-3-9-6-5-7-10(4-2)13(9)19-11(22)8-26-16(24)14-12(18)15(23)21-17(25)20-14/h5-7H,3-4,8,18H2,1-2H3,(H,19,22)(H2,20,21,23,25). The number of aryl methyl sites for hydroxylation is 2. The van der Waals surface area contributed by atoms with Gasteiger partial charge in [0, 0.05) is 5.69 Å². The number of ether oxygens (including phenoxy) is 1. The molecule has 0 bridgehead atoms. The lowest BCUT2D eigenvalue weighted by Crippen LogP contribution is -2.30. The van der Waals surface area contributed by atoms with E-state index in [2.05, 4.69) is 10.3 Å². The van der Waals surface area contributed by atoms with E-state index in [0.717, 1.165) is 24.0 Å². The number of nitrogen functional groups attached to an aromatic ring is 1. The van der Waals surface area contributed by atoms with Crippen LogP contribution in [0.1, 0.15) is 35.5 Å². The van der Waals surface area contributed by atoms with Crippen molar-refractivity contribution >= 4 is 23.3 Å². The Kier molecular flexibility index (Phi) is 5.94. The van der Waals surface area contributed by atoms with Gasteiger partial charge in [0.1, 0.15) is 5.69 Å². The van der Waals surface area contributed by atoms with E-state index in [1.54, 1.807) is 0 Å². The molecule has 1 aromatic heterocycles. The minimum Gasteiger partial charge on any atom is -0.451 e. The van der Waals surface area contributed by atoms with Crippen LogP contribution in [0.15, 0.2) is 27.8 Å². The number of esters is 1. The second-order valence-electron chi connectivity index (χ2n) is 5.48. The van der Waals surface area contributed by atoms with E-state index in [0.29, 0.717) is 5.69 Å². The SMILES string of the molecule is CCc1cccc(CC)c1NC(=O)COC(=O)c1[nH]c(=O)[nH]c(=O)c1N. The second-order valence-corrected chi connectivity index (χ2v) is 5.48. The first-order chi connectivity index (χ1) is 12.4. The van der Waals surface area contributed by atoms with Gasteiger partial charge in [-0.3, -0.25) is 19.6 Å². The van der Waals surface area contributed by atoms with Gasteiger partial charge in [0.25, 0.3) is 11.5 Å². The monoisotopic (exact) mass is 360 g/mol. The molecule has 0 atom stereocenters. The van der Waals surface area contributed by atoms with Crippen LogP contribution in [0.2, 0.25) is 0 Å². The van der Waals surface area contributed by atoms with Gasteiger partial charge in [-0.2, -0.15) is 0 Å². The van der Waals surface area contributed by atoms with Crippen LogP contribution >= 0.6 is 0 Å². The Labute approximate surface area is 148 Å². The van der Waals surface area contributed by atoms with Crippen molar-refractivity contribution in [2.24, 2.45) is 0 Å². The quantitative estimate of drug-likeness (QED) is 0.554. The Balaban J connectivity index is 2.10. The highest BCUT2D eigenvalue weighted by Gasteiger charge is 2.18. The van der Waals surface area contributed by atoms with Crippen molar-refractivity contribution in [2.45, 2.75) is 26.7 Å². The maximum Gasteiger partial charge on any atom is 0.357 e.